The molecule has 0 saturated carbocycles. The molecule has 0 radical (unpaired) electrons. The maximum atomic E-state index is 6.35. The molecule has 2 rings (SSSR count). The molecule has 0 spiro atoms. The van der Waals surface area contributed by atoms with Gasteiger partial charge in [-0.25, -0.2) is 0 Å². The molecule has 0 heterocycles. The molecule has 0 saturated heterocycles. The Morgan fingerprint density at radius 1 is 1.44 bits per heavy atom. The van der Waals surface area contributed by atoms with Gasteiger partial charge in [0.2, 0.25) is 0 Å². The molecule has 0 bridgehead atoms. The van der Waals surface area contributed by atoms with E-state index < -0.39 is 0 Å². The molecule has 3 N–H and O–H groups in total. The number of rotatable bonds is 2. The highest BCUT2D eigenvalue weighted by molar-refractivity contribution is 5.54. The van der Waals surface area contributed by atoms with Gasteiger partial charge in [-0.3, -0.25) is 0 Å². The first-order valence-electron chi connectivity index (χ1n) is 7.03. The van der Waals surface area contributed by atoms with Crippen LogP contribution in [0.2, 0.25) is 0 Å². The summed E-state index contributed by atoms with van der Waals surface area (Å²) < 4.78 is 0. The summed E-state index contributed by atoms with van der Waals surface area (Å²) in [6.45, 7) is 9.15. The third-order valence-corrected chi connectivity index (χ3v) is 4.73. The van der Waals surface area contributed by atoms with Crippen LogP contribution in [-0.2, 0) is 0 Å². The second-order valence-electron chi connectivity index (χ2n) is 6.17. The minimum absolute atomic E-state index is 0.138. The van der Waals surface area contributed by atoms with Gasteiger partial charge < -0.3 is 11.1 Å². The van der Waals surface area contributed by atoms with Gasteiger partial charge in [0.15, 0.2) is 0 Å². The summed E-state index contributed by atoms with van der Waals surface area (Å²) in [5.41, 5.74) is 11.3. The van der Waals surface area contributed by atoms with Crippen LogP contribution in [0.25, 0.3) is 0 Å². The van der Waals surface area contributed by atoms with Crippen molar-refractivity contribution >= 4 is 0 Å². The smallest absolute Gasteiger partial charge is 0.0612 e. The molecule has 2 nitrogen and oxygen atoms in total. The molecule has 2 unspecified atom stereocenters. The van der Waals surface area contributed by atoms with Crippen LogP contribution in [-0.4, -0.2) is 7.05 Å². The van der Waals surface area contributed by atoms with Crippen molar-refractivity contribution in [3.63, 3.8) is 0 Å². The molecule has 0 aromatic rings. The average molecular weight is 246 g/mol. The van der Waals surface area contributed by atoms with E-state index in [1.54, 1.807) is 0 Å². The predicted octanol–water partition coefficient (Wildman–Crippen LogP) is 3.33. The highest BCUT2D eigenvalue weighted by Gasteiger charge is 2.40. The number of nitrogens with one attached hydrogen (secondary N) is 1. The summed E-state index contributed by atoms with van der Waals surface area (Å²) in [5.74, 6) is 1.14. The first kappa shape index (κ1) is 13.3. The second kappa shape index (κ2) is 4.49. The van der Waals surface area contributed by atoms with Crippen molar-refractivity contribution < 1.29 is 0 Å². The van der Waals surface area contributed by atoms with E-state index in [0.29, 0.717) is 11.8 Å². The summed E-state index contributed by atoms with van der Waals surface area (Å²) in [4.78, 5) is 0. The van der Waals surface area contributed by atoms with Gasteiger partial charge in [0.1, 0.15) is 0 Å². The molecule has 0 aliphatic heterocycles. The fraction of sp³-hybridized carbons (Fsp3) is 0.625. The summed E-state index contributed by atoms with van der Waals surface area (Å²) in [6, 6.07) is 0. The van der Waals surface area contributed by atoms with Crippen molar-refractivity contribution in [1.82, 2.24) is 5.32 Å². The lowest BCUT2D eigenvalue weighted by Crippen LogP contribution is -2.37. The molecule has 0 aromatic carbocycles. The second-order valence-corrected chi connectivity index (χ2v) is 6.17. The first-order valence-corrected chi connectivity index (χ1v) is 7.03. The summed E-state index contributed by atoms with van der Waals surface area (Å²) in [6.07, 6.45) is 7.21. The van der Waals surface area contributed by atoms with E-state index in [9.17, 15) is 0 Å². The standard InChI is InChI=1S/C16H26N2/c1-10(2)12-9-16(4)11(3)7-6-8-13(16)15(18-5)14(12)17/h8-11,18H,6-7,17H2,1-5H3. The Morgan fingerprint density at radius 2 is 2.11 bits per heavy atom. The molecule has 0 amide bonds. The van der Waals surface area contributed by atoms with Gasteiger partial charge in [-0.2, -0.15) is 0 Å². The topological polar surface area (TPSA) is 38.0 Å². The Labute approximate surface area is 111 Å². The summed E-state index contributed by atoms with van der Waals surface area (Å²) >= 11 is 0. The molecule has 2 aliphatic carbocycles. The monoisotopic (exact) mass is 246 g/mol. The third-order valence-electron chi connectivity index (χ3n) is 4.73. The Balaban J connectivity index is 2.62. The van der Waals surface area contributed by atoms with E-state index in [2.05, 4.69) is 45.2 Å². The van der Waals surface area contributed by atoms with Crippen LogP contribution in [0.4, 0.5) is 0 Å². The lowest BCUT2D eigenvalue weighted by Gasteiger charge is -2.44. The van der Waals surface area contributed by atoms with Crippen LogP contribution in [0.15, 0.2) is 34.7 Å². The molecular formula is C16H26N2. The fourth-order valence-corrected chi connectivity index (χ4v) is 3.29. The minimum Gasteiger partial charge on any atom is -0.397 e. The van der Waals surface area contributed by atoms with Gasteiger partial charge >= 0.3 is 0 Å². The Hall–Kier alpha value is -1.18. The van der Waals surface area contributed by atoms with E-state index in [4.69, 9.17) is 5.73 Å². The zero-order valence-corrected chi connectivity index (χ0v) is 12.3. The van der Waals surface area contributed by atoms with Crippen LogP contribution < -0.4 is 11.1 Å². The molecule has 100 valence electrons. The van der Waals surface area contributed by atoms with E-state index in [-0.39, 0.29) is 5.41 Å². The van der Waals surface area contributed by atoms with Gasteiger partial charge in [0, 0.05) is 12.5 Å². The van der Waals surface area contributed by atoms with E-state index >= 15 is 0 Å². The summed E-state index contributed by atoms with van der Waals surface area (Å²) in [5, 5.41) is 3.33. The molecule has 2 heteroatoms. The Kier molecular flexibility index (Phi) is 3.31. The normalized spacial score (nSPS) is 32.0. The summed E-state index contributed by atoms with van der Waals surface area (Å²) in [7, 11) is 1.98. The van der Waals surface area contributed by atoms with Crippen molar-refractivity contribution in [1.29, 1.82) is 0 Å². The highest BCUT2D eigenvalue weighted by Crippen LogP contribution is 2.50. The third kappa shape index (κ3) is 1.79. The molecule has 0 aromatic heterocycles. The fourth-order valence-electron chi connectivity index (χ4n) is 3.29. The first-order chi connectivity index (χ1) is 8.41. The number of nitrogens with two attached hydrogens (primary N) is 1. The van der Waals surface area contributed by atoms with Crippen LogP contribution in [0.1, 0.15) is 40.5 Å². The molecule has 2 aliphatic rings. The average Bonchev–Trinajstić information content (AvgIpc) is 2.31. The van der Waals surface area contributed by atoms with Gasteiger partial charge in [-0.1, -0.05) is 39.8 Å². The van der Waals surface area contributed by atoms with Gasteiger partial charge in [-0.05, 0) is 35.8 Å². The van der Waals surface area contributed by atoms with E-state index in [1.165, 1.54) is 17.6 Å². The number of hydrogen-bond acceptors (Lipinski definition) is 2. The molecule has 2 atom stereocenters. The zero-order valence-electron chi connectivity index (χ0n) is 12.3. The lowest BCUT2D eigenvalue weighted by molar-refractivity contribution is 0.291. The van der Waals surface area contributed by atoms with Crippen LogP contribution >= 0.6 is 0 Å². The minimum atomic E-state index is 0.138. The number of likely N-dealkylation sites (N-methyl/N-ethyl adjacent to an activating group) is 1. The van der Waals surface area contributed by atoms with Crippen molar-refractivity contribution in [2.24, 2.45) is 23.0 Å². The number of hydrogen-bond donors (Lipinski definition) is 2. The zero-order chi connectivity index (χ0) is 13.5. The largest absolute Gasteiger partial charge is 0.397 e. The van der Waals surface area contributed by atoms with Gasteiger partial charge in [0.05, 0.1) is 11.4 Å². The molecule has 0 fully saturated rings. The SMILES string of the molecule is CNC1=C(N)C(C(C)C)=CC2(C)C1=CCCC2C. The Morgan fingerprint density at radius 3 is 2.67 bits per heavy atom. The maximum Gasteiger partial charge on any atom is 0.0612 e. The van der Waals surface area contributed by atoms with E-state index in [0.717, 1.165) is 17.8 Å². The Bertz CT molecular complexity index is 440. The number of fused-ring (bicyclic) bond motifs is 1. The molecular weight excluding hydrogens is 220 g/mol. The van der Waals surface area contributed by atoms with Crippen molar-refractivity contribution in [3.05, 3.63) is 34.7 Å². The quantitative estimate of drug-likeness (QED) is 0.784. The predicted molar refractivity (Wildman–Crippen MR) is 77.8 cm³/mol. The number of allylic oxidation sites excluding steroid dienone is 4. The van der Waals surface area contributed by atoms with Crippen LogP contribution in [0.5, 0.6) is 0 Å². The van der Waals surface area contributed by atoms with Crippen molar-refractivity contribution in [3.8, 4) is 0 Å². The van der Waals surface area contributed by atoms with Gasteiger partial charge in [0.25, 0.3) is 0 Å². The highest BCUT2D eigenvalue weighted by atomic mass is 14.9. The maximum absolute atomic E-state index is 6.35. The van der Waals surface area contributed by atoms with Crippen LogP contribution in [0, 0.1) is 17.3 Å². The van der Waals surface area contributed by atoms with E-state index in [1.807, 2.05) is 7.05 Å². The van der Waals surface area contributed by atoms with Crippen LogP contribution in [0.3, 0.4) is 0 Å². The lowest BCUT2D eigenvalue weighted by atomic mass is 9.62. The van der Waals surface area contributed by atoms with Crippen molar-refractivity contribution in [2.45, 2.75) is 40.5 Å². The van der Waals surface area contributed by atoms with Crippen molar-refractivity contribution in [2.75, 3.05) is 7.05 Å². The van der Waals surface area contributed by atoms with Gasteiger partial charge in [-0.15, -0.1) is 0 Å². The molecule has 18 heavy (non-hydrogen) atoms.